The van der Waals surface area contributed by atoms with E-state index in [4.69, 9.17) is 14.2 Å². The molecule has 2 rings (SSSR count). The zero-order valence-corrected chi connectivity index (χ0v) is 11.3. The van der Waals surface area contributed by atoms with Crippen molar-refractivity contribution in [3.05, 3.63) is 21.7 Å². The lowest BCUT2D eigenvalue weighted by molar-refractivity contribution is 0.0387. The number of hydrogen-bond acceptors (Lipinski definition) is 3. The minimum absolute atomic E-state index is 0.229. The van der Waals surface area contributed by atoms with Gasteiger partial charge in [0.25, 0.3) is 0 Å². The monoisotopic (exact) mass is 286 g/mol. The van der Waals surface area contributed by atoms with Crippen molar-refractivity contribution in [1.29, 1.82) is 0 Å². The molecule has 0 saturated heterocycles. The van der Waals surface area contributed by atoms with Crippen LogP contribution in [-0.4, -0.2) is 20.3 Å². The molecular weight excluding hydrogens is 272 g/mol. The maximum Gasteiger partial charge on any atom is 0.139 e. The van der Waals surface area contributed by atoms with Gasteiger partial charge in [0.15, 0.2) is 0 Å². The van der Waals surface area contributed by atoms with E-state index in [9.17, 15) is 0 Å². The Hall–Kier alpha value is -0.740. The Morgan fingerprint density at radius 2 is 2.06 bits per heavy atom. The lowest BCUT2D eigenvalue weighted by Crippen LogP contribution is -2.20. The molecule has 1 aromatic carbocycles. The average Bonchev–Trinajstić information content (AvgIpc) is 2.28. The number of fused-ring (bicyclic) bond motifs is 1. The largest absolute Gasteiger partial charge is 0.496 e. The number of benzene rings is 1. The maximum absolute atomic E-state index is 5.64. The van der Waals surface area contributed by atoms with Crippen molar-refractivity contribution in [3.63, 3.8) is 0 Å². The Bertz CT molecular complexity index is 404. The molecule has 0 aromatic heterocycles. The quantitative estimate of drug-likeness (QED) is 0.837. The molecule has 0 N–H and O–H groups in total. The van der Waals surface area contributed by atoms with Gasteiger partial charge in [0.05, 0.1) is 31.4 Å². The highest BCUT2D eigenvalue weighted by Gasteiger charge is 2.24. The molecule has 1 atom stereocenters. The van der Waals surface area contributed by atoms with E-state index in [1.54, 1.807) is 14.2 Å². The summed E-state index contributed by atoms with van der Waals surface area (Å²) in [4.78, 5) is 0. The topological polar surface area (TPSA) is 27.7 Å². The molecule has 16 heavy (non-hydrogen) atoms. The molecule has 0 unspecified atom stereocenters. The fourth-order valence-electron chi connectivity index (χ4n) is 2.05. The van der Waals surface area contributed by atoms with E-state index in [0.29, 0.717) is 6.61 Å². The molecule has 0 amide bonds. The summed E-state index contributed by atoms with van der Waals surface area (Å²) < 4.78 is 17.3. The van der Waals surface area contributed by atoms with Crippen LogP contribution in [0, 0.1) is 0 Å². The van der Waals surface area contributed by atoms with E-state index in [2.05, 4.69) is 22.9 Å². The standard InChI is InChI=1S/C12H15BrO3/c1-7-4-8-9(6-16-7)12(15-3)10(13)5-11(8)14-2/h5,7H,4,6H2,1-3H3/t7-/m0/s1. The Kier molecular flexibility index (Phi) is 3.40. The SMILES string of the molecule is COc1cc(Br)c(OC)c2c1C[C@H](C)OC2. The van der Waals surface area contributed by atoms with Gasteiger partial charge in [0, 0.05) is 17.5 Å². The lowest BCUT2D eigenvalue weighted by Gasteiger charge is -2.26. The van der Waals surface area contributed by atoms with Crippen molar-refractivity contribution in [1.82, 2.24) is 0 Å². The van der Waals surface area contributed by atoms with E-state index in [-0.39, 0.29) is 6.10 Å². The summed E-state index contributed by atoms with van der Waals surface area (Å²) in [6, 6.07) is 1.95. The van der Waals surface area contributed by atoms with Crippen LogP contribution in [0.15, 0.2) is 10.5 Å². The van der Waals surface area contributed by atoms with Gasteiger partial charge < -0.3 is 14.2 Å². The molecule has 3 nitrogen and oxygen atoms in total. The van der Waals surface area contributed by atoms with Crippen molar-refractivity contribution in [3.8, 4) is 11.5 Å². The van der Waals surface area contributed by atoms with Crippen LogP contribution in [0.5, 0.6) is 11.5 Å². The molecule has 0 bridgehead atoms. The number of halogens is 1. The molecule has 0 saturated carbocycles. The van der Waals surface area contributed by atoms with Crippen LogP contribution in [0.25, 0.3) is 0 Å². The number of rotatable bonds is 2. The molecular formula is C12H15BrO3. The fraction of sp³-hybridized carbons (Fsp3) is 0.500. The zero-order valence-electron chi connectivity index (χ0n) is 9.67. The highest BCUT2D eigenvalue weighted by atomic mass is 79.9. The first kappa shape index (κ1) is 11.7. The van der Waals surface area contributed by atoms with Gasteiger partial charge in [0.1, 0.15) is 11.5 Å². The summed E-state index contributed by atoms with van der Waals surface area (Å²) in [5.74, 6) is 1.75. The summed E-state index contributed by atoms with van der Waals surface area (Å²) in [5, 5.41) is 0. The zero-order chi connectivity index (χ0) is 11.7. The van der Waals surface area contributed by atoms with Crippen LogP contribution >= 0.6 is 15.9 Å². The van der Waals surface area contributed by atoms with Crippen LogP contribution in [0.1, 0.15) is 18.1 Å². The number of hydrogen-bond donors (Lipinski definition) is 0. The van der Waals surface area contributed by atoms with Gasteiger partial charge in [-0.2, -0.15) is 0 Å². The molecule has 1 aliphatic heterocycles. The third-order valence-electron chi connectivity index (χ3n) is 2.84. The molecule has 1 aromatic rings. The second-order valence-corrected chi connectivity index (χ2v) is 4.73. The van der Waals surface area contributed by atoms with Gasteiger partial charge in [-0.05, 0) is 28.9 Å². The Balaban J connectivity index is 2.57. The van der Waals surface area contributed by atoms with E-state index in [1.165, 1.54) is 5.56 Å². The van der Waals surface area contributed by atoms with Crippen LogP contribution in [0.4, 0.5) is 0 Å². The van der Waals surface area contributed by atoms with Crippen LogP contribution < -0.4 is 9.47 Å². The second-order valence-electron chi connectivity index (χ2n) is 3.88. The molecule has 0 fully saturated rings. The molecule has 1 heterocycles. The molecule has 0 spiro atoms. The minimum atomic E-state index is 0.229. The predicted octanol–water partition coefficient (Wildman–Crippen LogP) is 2.93. The van der Waals surface area contributed by atoms with Crippen LogP contribution in [0.2, 0.25) is 0 Å². The Morgan fingerprint density at radius 3 is 2.69 bits per heavy atom. The first-order valence-corrected chi connectivity index (χ1v) is 6.00. The summed E-state index contributed by atoms with van der Waals surface area (Å²) in [6.07, 6.45) is 1.09. The average molecular weight is 287 g/mol. The van der Waals surface area contributed by atoms with Gasteiger partial charge >= 0.3 is 0 Å². The van der Waals surface area contributed by atoms with Crippen molar-refractivity contribution >= 4 is 15.9 Å². The lowest BCUT2D eigenvalue weighted by atomic mass is 9.97. The summed E-state index contributed by atoms with van der Waals surface area (Å²) in [7, 11) is 3.36. The first-order chi connectivity index (χ1) is 7.67. The highest BCUT2D eigenvalue weighted by Crippen LogP contribution is 2.40. The second kappa shape index (κ2) is 4.63. The Morgan fingerprint density at radius 1 is 1.31 bits per heavy atom. The van der Waals surface area contributed by atoms with Gasteiger partial charge in [-0.1, -0.05) is 0 Å². The number of methoxy groups -OCH3 is 2. The molecule has 0 radical (unpaired) electrons. The first-order valence-electron chi connectivity index (χ1n) is 5.21. The molecule has 4 heteroatoms. The maximum atomic E-state index is 5.64. The molecule has 1 aliphatic rings. The van der Waals surface area contributed by atoms with Gasteiger partial charge in [-0.3, -0.25) is 0 Å². The van der Waals surface area contributed by atoms with E-state index < -0.39 is 0 Å². The normalized spacial score (nSPS) is 19.1. The van der Waals surface area contributed by atoms with E-state index >= 15 is 0 Å². The highest BCUT2D eigenvalue weighted by molar-refractivity contribution is 9.10. The fourth-order valence-corrected chi connectivity index (χ4v) is 2.66. The summed E-state index contributed by atoms with van der Waals surface area (Å²) in [5.41, 5.74) is 2.29. The smallest absolute Gasteiger partial charge is 0.139 e. The van der Waals surface area contributed by atoms with Crippen molar-refractivity contribution < 1.29 is 14.2 Å². The van der Waals surface area contributed by atoms with Gasteiger partial charge in [-0.25, -0.2) is 0 Å². The predicted molar refractivity (Wildman–Crippen MR) is 65.2 cm³/mol. The van der Waals surface area contributed by atoms with Crippen molar-refractivity contribution in [2.45, 2.75) is 26.1 Å². The number of ether oxygens (including phenoxy) is 3. The summed E-state index contributed by atoms with van der Waals surface area (Å²) >= 11 is 3.48. The van der Waals surface area contributed by atoms with E-state index in [1.807, 2.05) is 6.07 Å². The third-order valence-corrected chi connectivity index (χ3v) is 3.43. The van der Waals surface area contributed by atoms with E-state index in [0.717, 1.165) is 28.0 Å². The Labute approximate surface area is 104 Å². The van der Waals surface area contributed by atoms with Crippen molar-refractivity contribution in [2.24, 2.45) is 0 Å². The van der Waals surface area contributed by atoms with Crippen molar-refractivity contribution in [2.75, 3.05) is 14.2 Å². The summed E-state index contributed by atoms with van der Waals surface area (Å²) in [6.45, 7) is 2.65. The third kappa shape index (κ3) is 1.92. The molecule has 0 aliphatic carbocycles. The van der Waals surface area contributed by atoms with Crippen LogP contribution in [-0.2, 0) is 17.8 Å². The minimum Gasteiger partial charge on any atom is -0.496 e. The van der Waals surface area contributed by atoms with Gasteiger partial charge in [-0.15, -0.1) is 0 Å². The van der Waals surface area contributed by atoms with Crippen LogP contribution in [0.3, 0.4) is 0 Å². The van der Waals surface area contributed by atoms with Gasteiger partial charge in [0.2, 0.25) is 0 Å². The molecule has 88 valence electrons.